The number of methoxy groups -OCH3 is 1. The Hall–Kier alpha value is -1.21. The third-order valence-electron chi connectivity index (χ3n) is 2.08. The van der Waals surface area contributed by atoms with Crippen molar-refractivity contribution in [2.24, 2.45) is 0 Å². The summed E-state index contributed by atoms with van der Waals surface area (Å²) in [6.45, 7) is 1.48. The minimum absolute atomic E-state index is 0.328. The Morgan fingerprint density at radius 2 is 2.12 bits per heavy atom. The summed E-state index contributed by atoms with van der Waals surface area (Å²) in [6.07, 6.45) is -3.38. The summed E-state index contributed by atoms with van der Waals surface area (Å²) in [5.74, 6) is -1.10. The quantitative estimate of drug-likeness (QED) is 0.794. The molecule has 1 aromatic rings. The molecule has 0 amide bonds. The van der Waals surface area contributed by atoms with E-state index in [0.717, 1.165) is 6.20 Å². The highest BCUT2D eigenvalue weighted by Gasteiger charge is 2.34. The normalized spacial score (nSPS) is 12.1. The second-order valence-electron chi connectivity index (χ2n) is 3.60. The van der Waals surface area contributed by atoms with Crippen molar-refractivity contribution in [2.75, 3.05) is 27.3 Å². The number of alkyl halides is 3. The van der Waals surface area contributed by atoms with Gasteiger partial charge in [0.2, 0.25) is 5.82 Å². The molecule has 0 aliphatic carbocycles. The molecule has 7 heteroatoms. The van der Waals surface area contributed by atoms with Gasteiger partial charge >= 0.3 is 6.18 Å². The van der Waals surface area contributed by atoms with E-state index >= 15 is 0 Å². The largest absolute Gasteiger partial charge is 0.451 e. The molecular weight excluding hydrogens is 235 g/mol. The van der Waals surface area contributed by atoms with Gasteiger partial charge in [-0.1, -0.05) is 0 Å². The minimum atomic E-state index is -4.50. The molecule has 17 heavy (non-hydrogen) atoms. The number of halogens is 3. The Bertz CT molecular complexity index is 357. The number of hydrogen-bond donors (Lipinski definition) is 0. The van der Waals surface area contributed by atoms with E-state index in [0.29, 0.717) is 25.4 Å². The molecule has 0 saturated heterocycles. The molecule has 0 aliphatic heterocycles. The molecule has 96 valence electrons. The third-order valence-corrected chi connectivity index (χ3v) is 2.08. The van der Waals surface area contributed by atoms with Crippen molar-refractivity contribution in [1.29, 1.82) is 0 Å². The lowest BCUT2D eigenvalue weighted by Gasteiger charge is -2.15. The lowest BCUT2D eigenvalue weighted by molar-refractivity contribution is -0.145. The molecule has 0 fully saturated rings. The van der Waals surface area contributed by atoms with Gasteiger partial charge in [-0.3, -0.25) is 4.90 Å². The zero-order valence-corrected chi connectivity index (χ0v) is 9.66. The van der Waals surface area contributed by atoms with Gasteiger partial charge < -0.3 is 4.74 Å². The van der Waals surface area contributed by atoms with Crippen LogP contribution in [0.2, 0.25) is 0 Å². The molecule has 0 bridgehead atoms. The molecule has 0 aliphatic rings. The number of likely N-dealkylation sites (N-methyl/N-ethyl adjacent to an activating group) is 1. The van der Waals surface area contributed by atoms with Crippen LogP contribution in [0, 0.1) is 0 Å². The maximum atomic E-state index is 12.3. The Labute approximate surface area is 97.4 Å². The molecule has 1 rings (SSSR count). The fourth-order valence-corrected chi connectivity index (χ4v) is 1.22. The van der Waals surface area contributed by atoms with Crippen LogP contribution in [0.5, 0.6) is 0 Å². The predicted molar refractivity (Wildman–Crippen MR) is 55.2 cm³/mol. The summed E-state index contributed by atoms with van der Waals surface area (Å²) < 4.78 is 41.9. The number of ether oxygens (including phenoxy) is 1. The summed E-state index contributed by atoms with van der Waals surface area (Å²) in [5, 5.41) is 0. The monoisotopic (exact) mass is 249 g/mol. The van der Waals surface area contributed by atoms with Crippen molar-refractivity contribution in [3.63, 3.8) is 0 Å². The van der Waals surface area contributed by atoms with Crippen molar-refractivity contribution in [3.05, 3.63) is 23.8 Å². The summed E-state index contributed by atoms with van der Waals surface area (Å²) in [5.41, 5.74) is 0.339. The fourth-order valence-electron chi connectivity index (χ4n) is 1.22. The van der Waals surface area contributed by atoms with Crippen molar-refractivity contribution in [2.45, 2.75) is 12.7 Å². The molecule has 1 aromatic heterocycles. The topological polar surface area (TPSA) is 38.2 Å². The molecule has 0 spiro atoms. The van der Waals surface area contributed by atoms with Crippen molar-refractivity contribution >= 4 is 0 Å². The van der Waals surface area contributed by atoms with Crippen molar-refractivity contribution in [1.82, 2.24) is 14.9 Å². The Morgan fingerprint density at radius 1 is 1.41 bits per heavy atom. The van der Waals surface area contributed by atoms with Crippen molar-refractivity contribution in [3.8, 4) is 0 Å². The molecular formula is C10H14F3N3O. The van der Waals surface area contributed by atoms with E-state index in [1.165, 1.54) is 6.07 Å². The lowest BCUT2D eigenvalue weighted by atomic mass is 10.3. The van der Waals surface area contributed by atoms with Gasteiger partial charge in [0.15, 0.2) is 0 Å². The van der Waals surface area contributed by atoms with Crippen LogP contribution in [0.4, 0.5) is 13.2 Å². The van der Waals surface area contributed by atoms with E-state index in [-0.39, 0.29) is 0 Å². The van der Waals surface area contributed by atoms with Crippen LogP contribution >= 0.6 is 0 Å². The van der Waals surface area contributed by atoms with E-state index in [1.54, 1.807) is 14.2 Å². The molecule has 0 N–H and O–H groups in total. The van der Waals surface area contributed by atoms with E-state index in [9.17, 15) is 13.2 Å². The van der Waals surface area contributed by atoms with Crippen LogP contribution in [0.1, 0.15) is 11.5 Å². The van der Waals surface area contributed by atoms with Crippen LogP contribution in [0.3, 0.4) is 0 Å². The van der Waals surface area contributed by atoms with Crippen LogP contribution in [0.15, 0.2) is 12.3 Å². The van der Waals surface area contributed by atoms with Crippen LogP contribution < -0.4 is 0 Å². The Kier molecular flexibility index (Phi) is 4.83. The summed E-state index contributed by atoms with van der Waals surface area (Å²) in [7, 11) is 3.36. The molecule has 0 aromatic carbocycles. The standard InChI is InChI=1S/C10H14F3N3O/c1-16(5-6-17-2)7-8-3-4-14-9(15-8)10(11,12)13/h3-4H,5-7H2,1-2H3. The maximum Gasteiger partial charge on any atom is 0.451 e. The molecule has 1 heterocycles. The first-order valence-electron chi connectivity index (χ1n) is 5.00. The zero-order valence-electron chi connectivity index (χ0n) is 9.66. The number of rotatable bonds is 5. The van der Waals surface area contributed by atoms with Gasteiger partial charge in [-0.15, -0.1) is 0 Å². The van der Waals surface area contributed by atoms with Crippen molar-refractivity contribution < 1.29 is 17.9 Å². The van der Waals surface area contributed by atoms with Crippen LogP contribution in [0.25, 0.3) is 0 Å². The SMILES string of the molecule is COCCN(C)Cc1ccnc(C(F)(F)F)n1. The van der Waals surface area contributed by atoms with Gasteiger partial charge in [0.25, 0.3) is 0 Å². The van der Waals surface area contributed by atoms with E-state index in [4.69, 9.17) is 4.74 Å². The van der Waals surface area contributed by atoms with Gasteiger partial charge in [0, 0.05) is 26.4 Å². The first-order chi connectivity index (χ1) is 7.93. The zero-order chi connectivity index (χ0) is 12.9. The van der Waals surface area contributed by atoms with Crippen LogP contribution in [-0.2, 0) is 17.5 Å². The highest BCUT2D eigenvalue weighted by molar-refractivity contribution is 5.04. The Balaban J connectivity index is 2.66. The van der Waals surface area contributed by atoms with E-state index in [2.05, 4.69) is 9.97 Å². The van der Waals surface area contributed by atoms with Gasteiger partial charge in [0.05, 0.1) is 12.3 Å². The predicted octanol–water partition coefficient (Wildman–Crippen LogP) is 1.57. The first kappa shape index (κ1) is 13.9. The summed E-state index contributed by atoms with van der Waals surface area (Å²) in [6, 6.07) is 1.47. The molecule has 0 unspecified atom stereocenters. The summed E-state index contributed by atoms with van der Waals surface area (Å²) >= 11 is 0. The average Bonchev–Trinajstić information content (AvgIpc) is 2.25. The smallest absolute Gasteiger partial charge is 0.383 e. The number of nitrogens with zero attached hydrogens (tertiary/aromatic N) is 3. The Morgan fingerprint density at radius 3 is 2.71 bits per heavy atom. The highest BCUT2D eigenvalue weighted by Crippen LogP contribution is 2.25. The van der Waals surface area contributed by atoms with E-state index < -0.39 is 12.0 Å². The van der Waals surface area contributed by atoms with Gasteiger partial charge in [-0.25, -0.2) is 9.97 Å². The number of aromatic nitrogens is 2. The second-order valence-corrected chi connectivity index (χ2v) is 3.60. The van der Waals surface area contributed by atoms with E-state index in [1.807, 2.05) is 4.90 Å². The van der Waals surface area contributed by atoms with Crippen LogP contribution in [-0.4, -0.2) is 42.2 Å². The first-order valence-corrected chi connectivity index (χ1v) is 5.00. The molecule has 4 nitrogen and oxygen atoms in total. The van der Waals surface area contributed by atoms with Gasteiger partial charge in [-0.2, -0.15) is 13.2 Å². The maximum absolute atomic E-state index is 12.3. The molecule has 0 atom stereocenters. The third kappa shape index (κ3) is 4.66. The fraction of sp³-hybridized carbons (Fsp3) is 0.600. The lowest BCUT2D eigenvalue weighted by Crippen LogP contribution is -2.23. The average molecular weight is 249 g/mol. The molecule has 0 radical (unpaired) electrons. The molecule has 0 saturated carbocycles. The summed E-state index contributed by atoms with van der Waals surface area (Å²) in [4.78, 5) is 8.50. The second kappa shape index (κ2) is 5.92. The minimum Gasteiger partial charge on any atom is -0.383 e. The highest BCUT2D eigenvalue weighted by atomic mass is 19.4. The van der Waals surface area contributed by atoms with Gasteiger partial charge in [0.1, 0.15) is 0 Å². The van der Waals surface area contributed by atoms with Gasteiger partial charge in [-0.05, 0) is 13.1 Å². The number of hydrogen-bond acceptors (Lipinski definition) is 4.